The van der Waals surface area contributed by atoms with Crippen LogP contribution in [0.1, 0.15) is 29.8 Å². The van der Waals surface area contributed by atoms with E-state index in [2.05, 4.69) is 30.9 Å². The SMILES string of the molecule is COCC(C)(C)n1cc(C(=O)c2cncc(Br)c2)c2cncnc21. The Balaban J connectivity index is 2.17. The molecule has 3 aromatic rings. The molecule has 6 nitrogen and oxygen atoms in total. The quantitative estimate of drug-likeness (QED) is 0.627. The lowest BCUT2D eigenvalue weighted by Gasteiger charge is -2.26. The Morgan fingerprint density at radius 1 is 1.29 bits per heavy atom. The van der Waals surface area contributed by atoms with E-state index in [1.54, 1.807) is 31.8 Å². The second-order valence-electron chi connectivity index (χ2n) is 6.14. The molecule has 24 heavy (non-hydrogen) atoms. The number of ketones is 1. The van der Waals surface area contributed by atoms with Crippen LogP contribution in [0.25, 0.3) is 11.0 Å². The van der Waals surface area contributed by atoms with Gasteiger partial charge in [0.05, 0.1) is 17.7 Å². The van der Waals surface area contributed by atoms with Crippen molar-refractivity contribution in [1.82, 2.24) is 19.5 Å². The van der Waals surface area contributed by atoms with Crippen LogP contribution in [-0.2, 0) is 10.3 Å². The van der Waals surface area contributed by atoms with Gasteiger partial charge in [0.25, 0.3) is 0 Å². The third-order valence-electron chi connectivity index (χ3n) is 3.83. The molecule has 0 amide bonds. The van der Waals surface area contributed by atoms with Gasteiger partial charge in [-0.1, -0.05) is 0 Å². The van der Waals surface area contributed by atoms with Gasteiger partial charge < -0.3 is 9.30 Å². The molecule has 0 aliphatic carbocycles. The van der Waals surface area contributed by atoms with E-state index in [1.807, 2.05) is 24.6 Å². The van der Waals surface area contributed by atoms with Crippen LogP contribution < -0.4 is 0 Å². The molecule has 3 aromatic heterocycles. The smallest absolute Gasteiger partial charge is 0.196 e. The van der Waals surface area contributed by atoms with Crippen molar-refractivity contribution in [3.8, 4) is 0 Å². The van der Waals surface area contributed by atoms with Crippen LogP contribution in [0.3, 0.4) is 0 Å². The van der Waals surface area contributed by atoms with Crippen LogP contribution in [0, 0.1) is 0 Å². The lowest BCUT2D eigenvalue weighted by molar-refractivity contribution is 0.103. The fraction of sp³-hybridized carbons (Fsp3) is 0.294. The van der Waals surface area contributed by atoms with Crippen molar-refractivity contribution in [3.05, 3.63) is 52.8 Å². The first kappa shape index (κ1) is 16.7. The van der Waals surface area contributed by atoms with Crippen molar-refractivity contribution in [3.63, 3.8) is 0 Å². The van der Waals surface area contributed by atoms with Gasteiger partial charge in [-0.05, 0) is 35.8 Å². The number of carbonyl (C=O) groups excluding carboxylic acids is 1. The third kappa shape index (κ3) is 2.97. The van der Waals surface area contributed by atoms with Crippen LogP contribution in [0.5, 0.6) is 0 Å². The molecule has 7 heteroatoms. The van der Waals surface area contributed by atoms with Crippen LogP contribution in [0.4, 0.5) is 0 Å². The van der Waals surface area contributed by atoms with Crippen LogP contribution >= 0.6 is 15.9 Å². The molecule has 0 saturated carbocycles. The summed E-state index contributed by atoms with van der Waals surface area (Å²) in [5.74, 6) is -0.115. The second-order valence-corrected chi connectivity index (χ2v) is 7.05. The Labute approximate surface area is 148 Å². The summed E-state index contributed by atoms with van der Waals surface area (Å²) in [6, 6.07) is 1.75. The number of rotatable bonds is 5. The van der Waals surface area contributed by atoms with Gasteiger partial charge in [0, 0.05) is 47.3 Å². The first-order valence-electron chi connectivity index (χ1n) is 7.40. The minimum atomic E-state index is -0.352. The molecule has 124 valence electrons. The number of fused-ring (bicyclic) bond motifs is 1. The number of halogens is 1. The average molecular weight is 389 g/mol. The molecule has 0 saturated heterocycles. The average Bonchev–Trinajstić information content (AvgIpc) is 2.94. The van der Waals surface area contributed by atoms with Gasteiger partial charge >= 0.3 is 0 Å². The summed E-state index contributed by atoms with van der Waals surface area (Å²) in [6.45, 7) is 4.56. The summed E-state index contributed by atoms with van der Waals surface area (Å²) in [7, 11) is 1.65. The van der Waals surface area contributed by atoms with Gasteiger partial charge in [0.1, 0.15) is 12.0 Å². The van der Waals surface area contributed by atoms with Gasteiger partial charge in [-0.2, -0.15) is 0 Å². The number of hydrogen-bond donors (Lipinski definition) is 0. The summed E-state index contributed by atoms with van der Waals surface area (Å²) >= 11 is 3.35. The largest absolute Gasteiger partial charge is 0.382 e. The first-order valence-corrected chi connectivity index (χ1v) is 8.19. The number of aromatic nitrogens is 4. The zero-order valence-electron chi connectivity index (χ0n) is 13.7. The molecule has 0 atom stereocenters. The minimum Gasteiger partial charge on any atom is -0.382 e. The molecule has 0 fully saturated rings. The van der Waals surface area contributed by atoms with Crippen molar-refractivity contribution in [2.45, 2.75) is 19.4 Å². The number of nitrogens with zero attached hydrogens (tertiary/aromatic N) is 4. The van der Waals surface area contributed by atoms with Crippen molar-refractivity contribution in [2.24, 2.45) is 0 Å². The van der Waals surface area contributed by atoms with E-state index in [1.165, 1.54) is 6.33 Å². The molecule has 0 bridgehead atoms. The predicted octanol–water partition coefficient (Wildman–Crippen LogP) is 3.20. The Hall–Kier alpha value is -2.12. The van der Waals surface area contributed by atoms with E-state index < -0.39 is 0 Å². The van der Waals surface area contributed by atoms with E-state index in [0.29, 0.717) is 28.8 Å². The molecular formula is C17H17BrN4O2. The van der Waals surface area contributed by atoms with E-state index >= 15 is 0 Å². The first-order chi connectivity index (χ1) is 11.4. The zero-order chi connectivity index (χ0) is 17.3. The molecule has 0 spiro atoms. The molecule has 3 heterocycles. The topological polar surface area (TPSA) is 69.9 Å². The Bertz CT molecular complexity index is 904. The second kappa shape index (κ2) is 6.41. The standard InChI is InChI=1S/C17H17BrN4O2/c1-17(2,9-24-3)22-8-14(13-7-20-10-21-16(13)22)15(23)11-4-12(18)6-19-5-11/h4-8,10H,9H2,1-3H3. The van der Waals surface area contributed by atoms with Crippen molar-refractivity contribution < 1.29 is 9.53 Å². The van der Waals surface area contributed by atoms with Gasteiger partial charge in [-0.25, -0.2) is 9.97 Å². The van der Waals surface area contributed by atoms with E-state index in [-0.39, 0.29) is 11.3 Å². The van der Waals surface area contributed by atoms with E-state index in [0.717, 1.165) is 4.47 Å². The monoisotopic (exact) mass is 388 g/mol. The maximum absolute atomic E-state index is 12.9. The maximum atomic E-state index is 12.9. The maximum Gasteiger partial charge on any atom is 0.196 e. The molecule has 0 unspecified atom stereocenters. The van der Waals surface area contributed by atoms with E-state index in [9.17, 15) is 4.79 Å². The van der Waals surface area contributed by atoms with Gasteiger partial charge in [-0.3, -0.25) is 9.78 Å². The summed E-state index contributed by atoms with van der Waals surface area (Å²) in [5, 5.41) is 0.714. The van der Waals surface area contributed by atoms with Crippen molar-refractivity contribution in [1.29, 1.82) is 0 Å². The highest BCUT2D eigenvalue weighted by molar-refractivity contribution is 9.10. The molecule has 0 aliphatic rings. The van der Waals surface area contributed by atoms with Crippen LogP contribution in [0.2, 0.25) is 0 Å². The lowest BCUT2D eigenvalue weighted by Crippen LogP contribution is -2.31. The highest BCUT2D eigenvalue weighted by atomic mass is 79.9. The highest BCUT2D eigenvalue weighted by Gasteiger charge is 2.26. The fourth-order valence-corrected chi connectivity index (χ4v) is 3.09. The van der Waals surface area contributed by atoms with Crippen molar-refractivity contribution >= 4 is 32.7 Å². The third-order valence-corrected chi connectivity index (χ3v) is 4.26. The van der Waals surface area contributed by atoms with Gasteiger partial charge in [-0.15, -0.1) is 0 Å². The van der Waals surface area contributed by atoms with E-state index in [4.69, 9.17) is 4.74 Å². The van der Waals surface area contributed by atoms with Crippen LogP contribution in [-0.4, -0.2) is 39.0 Å². The number of ether oxygens (including phenoxy) is 1. The van der Waals surface area contributed by atoms with Crippen LogP contribution in [0.15, 0.2) is 41.7 Å². The molecule has 0 aliphatic heterocycles. The molecule has 0 radical (unpaired) electrons. The van der Waals surface area contributed by atoms with Gasteiger partial charge in [0.15, 0.2) is 5.78 Å². The number of pyridine rings is 1. The fourth-order valence-electron chi connectivity index (χ4n) is 2.72. The summed E-state index contributed by atoms with van der Waals surface area (Å²) in [5.41, 5.74) is 1.42. The lowest BCUT2D eigenvalue weighted by atomic mass is 10.1. The molecule has 0 aromatic carbocycles. The molecular weight excluding hydrogens is 372 g/mol. The number of carbonyl (C=O) groups is 1. The Kier molecular flexibility index (Phi) is 4.47. The summed E-state index contributed by atoms with van der Waals surface area (Å²) in [4.78, 5) is 25.5. The predicted molar refractivity (Wildman–Crippen MR) is 94.1 cm³/mol. The number of methoxy groups -OCH3 is 1. The normalized spacial score (nSPS) is 11.8. The zero-order valence-corrected chi connectivity index (χ0v) is 15.2. The number of hydrogen-bond acceptors (Lipinski definition) is 5. The van der Waals surface area contributed by atoms with Gasteiger partial charge in [0.2, 0.25) is 0 Å². The molecule has 3 rings (SSSR count). The van der Waals surface area contributed by atoms with Crippen molar-refractivity contribution in [2.75, 3.05) is 13.7 Å². The summed E-state index contributed by atoms with van der Waals surface area (Å²) in [6.07, 6.45) is 8.17. The molecule has 0 N–H and O–H groups in total. The summed E-state index contributed by atoms with van der Waals surface area (Å²) < 4.78 is 8.04. The Morgan fingerprint density at radius 3 is 2.79 bits per heavy atom. The highest BCUT2D eigenvalue weighted by Crippen LogP contribution is 2.28. The Morgan fingerprint density at radius 2 is 2.08 bits per heavy atom. The minimum absolute atomic E-state index is 0.115.